The molecule has 26 heavy (non-hydrogen) atoms. The highest BCUT2D eigenvalue weighted by atomic mass is 16.5. The first-order valence-electron chi connectivity index (χ1n) is 8.79. The van der Waals surface area contributed by atoms with Crippen molar-refractivity contribution in [3.63, 3.8) is 0 Å². The van der Waals surface area contributed by atoms with Crippen LogP contribution in [0.2, 0.25) is 0 Å². The van der Waals surface area contributed by atoms with Gasteiger partial charge in [0.2, 0.25) is 0 Å². The number of anilines is 1. The maximum Gasteiger partial charge on any atom is 0.338 e. The van der Waals surface area contributed by atoms with Crippen molar-refractivity contribution in [3.05, 3.63) is 59.2 Å². The topological polar surface area (TPSA) is 64.6 Å². The van der Waals surface area contributed by atoms with Gasteiger partial charge in [0.1, 0.15) is 5.75 Å². The molecule has 0 spiro atoms. The number of nitrogens with one attached hydrogen (secondary N) is 1. The fourth-order valence-electron chi connectivity index (χ4n) is 2.53. The van der Waals surface area contributed by atoms with Crippen LogP contribution in [0.15, 0.2) is 42.5 Å². The zero-order valence-corrected chi connectivity index (χ0v) is 15.7. The summed E-state index contributed by atoms with van der Waals surface area (Å²) in [5.74, 6) is 0.0938. The Kier molecular flexibility index (Phi) is 6.78. The SMILES string of the molecule is CCOC(=O)c1ccc(NC(=O)[C@H](C)Oc2ccccc2CC)c(C)c1. The lowest BCUT2D eigenvalue weighted by molar-refractivity contribution is -0.122. The van der Waals surface area contributed by atoms with Gasteiger partial charge in [0.15, 0.2) is 6.10 Å². The molecule has 0 bridgehead atoms. The van der Waals surface area contributed by atoms with Crippen molar-refractivity contribution in [2.45, 2.75) is 40.2 Å². The van der Waals surface area contributed by atoms with E-state index in [4.69, 9.17) is 9.47 Å². The molecule has 1 amide bonds. The van der Waals surface area contributed by atoms with Crippen LogP contribution in [-0.4, -0.2) is 24.6 Å². The number of carbonyl (C=O) groups excluding carboxylic acids is 2. The summed E-state index contributed by atoms with van der Waals surface area (Å²) in [5, 5.41) is 2.85. The van der Waals surface area contributed by atoms with E-state index in [1.807, 2.05) is 38.1 Å². The van der Waals surface area contributed by atoms with Crippen molar-refractivity contribution in [3.8, 4) is 5.75 Å². The van der Waals surface area contributed by atoms with Crippen LogP contribution >= 0.6 is 0 Å². The van der Waals surface area contributed by atoms with Gasteiger partial charge >= 0.3 is 5.97 Å². The number of carbonyl (C=O) groups is 2. The number of para-hydroxylation sites is 1. The Balaban J connectivity index is 2.05. The third-order valence-corrected chi connectivity index (χ3v) is 4.02. The van der Waals surface area contributed by atoms with Gasteiger partial charge in [0.25, 0.3) is 5.91 Å². The van der Waals surface area contributed by atoms with E-state index in [-0.39, 0.29) is 11.9 Å². The molecule has 138 valence electrons. The molecule has 2 aromatic carbocycles. The first kappa shape index (κ1) is 19.5. The summed E-state index contributed by atoms with van der Waals surface area (Å²) in [4.78, 5) is 24.2. The summed E-state index contributed by atoms with van der Waals surface area (Å²) in [6, 6.07) is 12.7. The van der Waals surface area contributed by atoms with Gasteiger partial charge < -0.3 is 14.8 Å². The van der Waals surface area contributed by atoms with Gasteiger partial charge in [-0.3, -0.25) is 4.79 Å². The van der Waals surface area contributed by atoms with Crippen LogP contribution < -0.4 is 10.1 Å². The summed E-state index contributed by atoms with van der Waals surface area (Å²) in [6.45, 7) is 7.67. The summed E-state index contributed by atoms with van der Waals surface area (Å²) in [6.07, 6.45) is 0.186. The van der Waals surface area contributed by atoms with Gasteiger partial charge in [0.05, 0.1) is 12.2 Å². The largest absolute Gasteiger partial charge is 0.481 e. The molecule has 2 aromatic rings. The van der Waals surface area contributed by atoms with E-state index in [0.29, 0.717) is 23.6 Å². The minimum absolute atomic E-state index is 0.247. The molecule has 0 saturated carbocycles. The van der Waals surface area contributed by atoms with Crippen molar-refractivity contribution in [1.82, 2.24) is 0 Å². The molecule has 0 fully saturated rings. The Morgan fingerprint density at radius 3 is 2.50 bits per heavy atom. The van der Waals surface area contributed by atoms with E-state index < -0.39 is 6.10 Å². The van der Waals surface area contributed by atoms with E-state index in [1.54, 1.807) is 32.0 Å². The predicted molar refractivity (Wildman–Crippen MR) is 102 cm³/mol. The molecule has 0 heterocycles. The predicted octanol–water partition coefficient (Wildman–Crippen LogP) is 4.14. The number of amides is 1. The molecule has 0 radical (unpaired) electrons. The maximum atomic E-state index is 12.5. The third kappa shape index (κ3) is 4.85. The molecule has 0 aliphatic rings. The van der Waals surface area contributed by atoms with Crippen molar-refractivity contribution >= 4 is 17.6 Å². The highest BCUT2D eigenvalue weighted by Crippen LogP contribution is 2.21. The summed E-state index contributed by atoms with van der Waals surface area (Å²) >= 11 is 0. The first-order valence-corrected chi connectivity index (χ1v) is 8.79. The minimum atomic E-state index is -0.646. The number of esters is 1. The molecule has 5 nitrogen and oxygen atoms in total. The fourth-order valence-corrected chi connectivity index (χ4v) is 2.53. The van der Waals surface area contributed by atoms with Crippen LogP contribution in [-0.2, 0) is 16.0 Å². The molecule has 1 N–H and O–H groups in total. The molecular formula is C21H25NO4. The van der Waals surface area contributed by atoms with E-state index in [0.717, 1.165) is 17.5 Å². The second-order valence-electron chi connectivity index (χ2n) is 5.96. The van der Waals surface area contributed by atoms with E-state index in [2.05, 4.69) is 5.32 Å². The molecule has 0 aliphatic carbocycles. The van der Waals surface area contributed by atoms with Crippen LogP contribution in [0, 0.1) is 6.92 Å². The van der Waals surface area contributed by atoms with Crippen molar-refractivity contribution < 1.29 is 19.1 Å². The van der Waals surface area contributed by atoms with Crippen molar-refractivity contribution in [2.75, 3.05) is 11.9 Å². The normalized spacial score (nSPS) is 11.5. The summed E-state index contributed by atoms with van der Waals surface area (Å²) in [7, 11) is 0. The molecule has 0 aliphatic heterocycles. The molecule has 0 saturated heterocycles. The second-order valence-corrected chi connectivity index (χ2v) is 5.96. The van der Waals surface area contributed by atoms with Gasteiger partial charge in [0, 0.05) is 5.69 Å². The molecule has 0 unspecified atom stereocenters. The average molecular weight is 355 g/mol. The minimum Gasteiger partial charge on any atom is -0.481 e. The zero-order chi connectivity index (χ0) is 19.1. The highest BCUT2D eigenvalue weighted by Gasteiger charge is 2.17. The van der Waals surface area contributed by atoms with Crippen LogP contribution in [0.3, 0.4) is 0 Å². The number of rotatable bonds is 7. The second kappa shape index (κ2) is 9.04. The zero-order valence-electron chi connectivity index (χ0n) is 15.7. The average Bonchev–Trinajstić information content (AvgIpc) is 2.63. The smallest absolute Gasteiger partial charge is 0.338 e. The maximum absolute atomic E-state index is 12.5. The molecule has 2 rings (SSSR count). The van der Waals surface area contributed by atoms with Crippen LogP contribution in [0.4, 0.5) is 5.69 Å². The Bertz CT molecular complexity index is 785. The highest BCUT2D eigenvalue weighted by molar-refractivity contribution is 5.96. The first-order chi connectivity index (χ1) is 12.5. The van der Waals surface area contributed by atoms with Gasteiger partial charge in [-0.15, -0.1) is 0 Å². The Morgan fingerprint density at radius 1 is 1.12 bits per heavy atom. The van der Waals surface area contributed by atoms with Crippen LogP contribution in [0.1, 0.15) is 42.3 Å². The fraction of sp³-hybridized carbons (Fsp3) is 0.333. The number of hydrogen-bond acceptors (Lipinski definition) is 4. The number of benzene rings is 2. The van der Waals surface area contributed by atoms with Gasteiger partial charge in [-0.1, -0.05) is 25.1 Å². The van der Waals surface area contributed by atoms with E-state index in [1.165, 1.54) is 0 Å². The monoisotopic (exact) mass is 355 g/mol. The van der Waals surface area contributed by atoms with Gasteiger partial charge in [-0.05, 0) is 62.6 Å². The van der Waals surface area contributed by atoms with Crippen LogP contribution in [0.5, 0.6) is 5.75 Å². The number of ether oxygens (including phenoxy) is 2. The van der Waals surface area contributed by atoms with Crippen molar-refractivity contribution in [2.24, 2.45) is 0 Å². The van der Waals surface area contributed by atoms with E-state index >= 15 is 0 Å². The molecule has 5 heteroatoms. The molecular weight excluding hydrogens is 330 g/mol. The molecule has 0 aromatic heterocycles. The Labute approximate surface area is 154 Å². The van der Waals surface area contributed by atoms with E-state index in [9.17, 15) is 9.59 Å². The number of hydrogen-bond donors (Lipinski definition) is 1. The summed E-state index contributed by atoms with van der Waals surface area (Å²) < 4.78 is 10.8. The number of aryl methyl sites for hydroxylation is 2. The van der Waals surface area contributed by atoms with Crippen LogP contribution in [0.25, 0.3) is 0 Å². The lowest BCUT2D eigenvalue weighted by Crippen LogP contribution is -2.30. The lowest BCUT2D eigenvalue weighted by atomic mass is 10.1. The summed E-state index contributed by atoms with van der Waals surface area (Å²) in [5.41, 5.74) is 2.94. The Morgan fingerprint density at radius 2 is 1.85 bits per heavy atom. The molecule has 1 atom stereocenters. The Hall–Kier alpha value is -2.82. The van der Waals surface area contributed by atoms with Gasteiger partial charge in [-0.2, -0.15) is 0 Å². The van der Waals surface area contributed by atoms with Gasteiger partial charge in [-0.25, -0.2) is 4.79 Å². The lowest BCUT2D eigenvalue weighted by Gasteiger charge is -2.17. The third-order valence-electron chi connectivity index (χ3n) is 4.02. The van der Waals surface area contributed by atoms with Crippen molar-refractivity contribution in [1.29, 1.82) is 0 Å². The quantitative estimate of drug-likeness (QED) is 0.758. The standard InChI is InChI=1S/C21H25NO4/c1-5-16-9-7-8-10-19(16)26-15(4)20(23)22-18-12-11-17(13-14(18)3)21(24)25-6-2/h7-13,15H,5-6H2,1-4H3,(H,22,23)/t15-/m0/s1.